The Morgan fingerprint density at radius 3 is 1.68 bits per heavy atom. The fourth-order valence-corrected chi connectivity index (χ4v) is 3.44. The first-order chi connectivity index (χ1) is 15.0. The van der Waals surface area contributed by atoms with Crippen molar-refractivity contribution in [2.45, 2.75) is 117 Å². The Bertz CT molecular complexity index is 472. The van der Waals surface area contributed by atoms with E-state index in [1.807, 2.05) is 0 Å². The number of hydrazine groups is 1. The highest BCUT2D eigenvalue weighted by Crippen LogP contribution is 2.10. The fraction of sp³-hybridized carbons (Fsp3) is 0.875. The minimum atomic E-state index is -0.464. The molecular formula is C24H48N4O3. The van der Waals surface area contributed by atoms with Gasteiger partial charge < -0.3 is 11.1 Å². The SMILES string of the molecule is CCCCCCCCCCCCNC(=O)CN(NC(=O)CCCCCCC)C(=O)CN. The van der Waals surface area contributed by atoms with E-state index in [0.717, 1.165) is 43.5 Å². The highest BCUT2D eigenvalue weighted by atomic mass is 16.2. The fourth-order valence-electron chi connectivity index (χ4n) is 3.44. The van der Waals surface area contributed by atoms with Crippen molar-refractivity contribution < 1.29 is 14.4 Å². The van der Waals surface area contributed by atoms with Gasteiger partial charge in [0, 0.05) is 13.0 Å². The Morgan fingerprint density at radius 1 is 0.677 bits per heavy atom. The third-order valence-electron chi connectivity index (χ3n) is 5.40. The van der Waals surface area contributed by atoms with Gasteiger partial charge in [0.15, 0.2) is 0 Å². The molecule has 0 saturated carbocycles. The zero-order valence-corrected chi connectivity index (χ0v) is 20.2. The van der Waals surface area contributed by atoms with Crippen LogP contribution in [0.1, 0.15) is 117 Å². The highest BCUT2D eigenvalue weighted by molar-refractivity contribution is 5.87. The van der Waals surface area contributed by atoms with E-state index in [1.54, 1.807) is 0 Å². The average Bonchev–Trinajstić information content (AvgIpc) is 2.76. The van der Waals surface area contributed by atoms with Gasteiger partial charge in [-0.25, -0.2) is 5.01 Å². The van der Waals surface area contributed by atoms with Gasteiger partial charge in [0.1, 0.15) is 6.54 Å². The number of hydrogen-bond donors (Lipinski definition) is 3. The Hall–Kier alpha value is -1.63. The minimum absolute atomic E-state index is 0.199. The van der Waals surface area contributed by atoms with Crippen molar-refractivity contribution in [2.75, 3.05) is 19.6 Å². The van der Waals surface area contributed by atoms with Gasteiger partial charge >= 0.3 is 0 Å². The number of rotatable bonds is 20. The third kappa shape index (κ3) is 18.8. The number of amides is 3. The van der Waals surface area contributed by atoms with Crippen LogP contribution < -0.4 is 16.5 Å². The monoisotopic (exact) mass is 440 g/mol. The molecule has 0 spiro atoms. The molecule has 0 aliphatic rings. The van der Waals surface area contributed by atoms with Gasteiger partial charge in [-0.15, -0.1) is 0 Å². The molecule has 182 valence electrons. The summed E-state index contributed by atoms with van der Waals surface area (Å²) in [6.07, 6.45) is 18.0. The van der Waals surface area contributed by atoms with Gasteiger partial charge in [-0.2, -0.15) is 0 Å². The molecule has 7 heteroatoms. The average molecular weight is 441 g/mol. The summed E-state index contributed by atoms with van der Waals surface area (Å²) in [7, 11) is 0. The van der Waals surface area contributed by atoms with Crippen LogP contribution in [0.5, 0.6) is 0 Å². The van der Waals surface area contributed by atoms with Crippen LogP contribution in [0.25, 0.3) is 0 Å². The molecule has 0 aromatic heterocycles. The molecule has 0 fully saturated rings. The predicted molar refractivity (Wildman–Crippen MR) is 127 cm³/mol. The summed E-state index contributed by atoms with van der Waals surface area (Å²) < 4.78 is 0. The van der Waals surface area contributed by atoms with E-state index in [1.165, 1.54) is 57.8 Å². The summed E-state index contributed by atoms with van der Waals surface area (Å²) in [5.41, 5.74) is 7.96. The summed E-state index contributed by atoms with van der Waals surface area (Å²) >= 11 is 0. The van der Waals surface area contributed by atoms with Crippen molar-refractivity contribution >= 4 is 17.7 Å². The largest absolute Gasteiger partial charge is 0.354 e. The first-order valence-corrected chi connectivity index (χ1v) is 12.6. The molecule has 0 aliphatic heterocycles. The van der Waals surface area contributed by atoms with Crippen molar-refractivity contribution in [3.63, 3.8) is 0 Å². The van der Waals surface area contributed by atoms with Gasteiger partial charge in [0.05, 0.1) is 6.54 Å². The molecule has 0 atom stereocenters. The molecule has 3 amide bonds. The van der Waals surface area contributed by atoms with E-state index < -0.39 is 5.91 Å². The van der Waals surface area contributed by atoms with E-state index in [9.17, 15) is 14.4 Å². The second-order valence-corrected chi connectivity index (χ2v) is 8.42. The maximum atomic E-state index is 12.2. The molecular weight excluding hydrogens is 392 g/mol. The number of unbranched alkanes of at least 4 members (excludes halogenated alkanes) is 13. The van der Waals surface area contributed by atoms with Crippen LogP contribution in [0.2, 0.25) is 0 Å². The quantitative estimate of drug-likeness (QED) is 0.195. The van der Waals surface area contributed by atoms with Crippen molar-refractivity contribution in [3.8, 4) is 0 Å². The summed E-state index contributed by atoms with van der Waals surface area (Å²) in [5, 5.41) is 3.88. The lowest BCUT2D eigenvalue weighted by Gasteiger charge is -2.22. The minimum Gasteiger partial charge on any atom is -0.354 e. The lowest BCUT2D eigenvalue weighted by molar-refractivity contribution is -0.143. The summed E-state index contributed by atoms with van der Waals surface area (Å²) in [5.74, 6) is -0.991. The second-order valence-electron chi connectivity index (χ2n) is 8.42. The van der Waals surface area contributed by atoms with Crippen molar-refractivity contribution in [2.24, 2.45) is 5.73 Å². The predicted octanol–water partition coefficient (Wildman–Crippen LogP) is 4.20. The van der Waals surface area contributed by atoms with Crippen molar-refractivity contribution in [1.82, 2.24) is 15.8 Å². The van der Waals surface area contributed by atoms with Gasteiger partial charge in [0.25, 0.3) is 5.91 Å². The van der Waals surface area contributed by atoms with E-state index in [0.29, 0.717) is 13.0 Å². The molecule has 0 radical (unpaired) electrons. The van der Waals surface area contributed by atoms with Crippen LogP contribution in [-0.2, 0) is 14.4 Å². The lowest BCUT2D eigenvalue weighted by Crippen LogP contribution is -2.52. The molecule has 0 aromatic rings. The number of nitrogens with one attached hydrogen (secondary N) is 2. The molecule has 0 aromatic carbocycles. The van der Waals surface area contributed by atoms with Crippen LogP contribution in [0, 0.1) is 0 Å². The Morgan fingerprint density at radius 2 is 1.16 bits per heavy atom. The number of hydrogen-bond acceptors (Lipinski definition) is 4. The summed E-state index contributed by atoms with van der Waals surface area (Å²) in [4.78, 5) is 36.2. The Balaban J connectivity index is 3.91. The standard InChI is InChI=1S/C24H48N4O3/c1-3-5-7-9-10-11-12-13-15-17-19-26-23(30)21-28(24(31)20-25)27-22(29)18-16-14-8-6-4-2/h3-21,25H2,1-2H3,(H,26,30)(H,27,29). The maximum absolute atomic E-state index is 12.2. The highest BCUT2D eigenvalue weighted by Gasteiger charge is 2.18. The van der Waals surface area contributed by atoms with Gasteiger partial charge in [0.2, 0.25) is 11.8 Å². The zero-order valence-electron chi connectivity index (χ0n) is 20.2. The van der Waals surface area contributed by atoms with Gasteiger partial charge in [-0.3, -0.25) is 19.8 Å². The van der Waals surface area contributed by atoms with Crippen LogP contribution in [0.4, 0.5) is 0 Å². The number of nitrogens with zero attached hydrogens (tertiary/aromatic N) is 1. The topological polar surface area (TPSA) is 105 Å². The third-order valence-corrected chi connectivity index (χ3v) is 5.40. The van der Waals surface area contributed by atoms with Crippen molar-refractivity contribution in [1.29, 1.82) is 0 Å². The molecule has 0 aliphatic carbocycles. The molecule has 0 saturated heterocycles. The Kier molecular flexibility index (Phi) is 20.5. The molecule has 7 nitrogen and oxygen atoms in total. The van der Waals surface area contributed by atoms with Crippen LogP contribution >= 0.6 is 0 Å². The molecule has 4 N–H and O–H groups in total. The smallest absolute Gasteiger partial charge is 0.255 e. The van der Waals surface area contributed by atoms with Crippen LogP contribution in [0.3, 0.4) is 0 Å². The zero-order chi connectivity index (χ0) is 23.2. The summed E-state index contributed by atoms with van der Waals surface area (Å²) in [6.45, 7) is 4.52. The lowest BCUT2D eigenvalue weighted by atomic mass is 10.1. The van der Waals surface area contributed by atoms with Gasteiger partial charge in [-0.1, -0.05) is 97.3 Å². The molecule has 0 bridgehead atoms. The number of nitrogens with two attached hydrogens (primary N) is 1. The first kappa shape index (κ1) is 29.4. The summed E-state index contributed by atoms with van der Waals surface area (Å²) in [6, 6.07) is 0. The second kappa shape index (κ2) is 21.6. The van der Waals surface area contributed by atoms with Crippen LogP contribution in [-0.4, -0.2) is 42.4 Å². The number of carbonyl (C=O) groups excluding carboxylic acids is 3. The molecule has 31 heavy (non-hydrogen) atoms. The molecule has 0 rings (SSSR count). The normalized spacial score (nSPS) is 10.7. The first-order valence-electron chi connectivity index (χ1n) is 12.6. The van der Waals surface area contributed by atoms with Gasteiger partial charge in [-0.05, 0) is 12.8 Å². The van der Waals surface area contributed by atoms with E-state index >= 15 is 0 Å². The van der Waals surface area contributed by atoms with Crippen LogP contribution in [0.15, 0.2) is 0 Å². The molecule has 0 heterocycles. The number of carbonyl (C=O) groups is 3. The molecule has 0 unspecified atom stereocenters. The van der Waals surface area contributed by atoms with E-state index in [2.05, 4.69) is 24.6 Å². The van der Waals surface area contributed by atoms with E-state index in [4.69, 9.17) is 5.73 Å². The van der Waals surface area contributed by atoms with E-state index in [-0.39, 0.29) is 24.9 Å². The van der Waals surface area contributed by atoms with Crippen molar-refractivity contribution in [3.05, 3.63) is 0 Å². The maximum Gasteiger partial charge on any atom is 0.255 e. The Labute approximate surface area is 190 Å².